The van der Waals surface area contributed by atoms with Crippen LogP contribution in [-0.4, -0.2) is 38.0 Å². The van der Waals surface area contributed by atoms with Crippen molar-refractivity contribution in [3.8, 4) is 11.5 Å². The highest BCUT2D eigenvalue weighted by Crippen LogP contribution is 2.38. The maximum absolute atomic E-state index is 6.27. The van der Waals surface area contributed by atoms with E-state index in [0.29, 0.717) is 6.61 Å². The second-order valence-electron chi connectivity index (χ2n) is 6.43. The molecule has 1 aromatic rings. The Balaban J connectivity index is 1.42. The van der Waals surface area contributed by atoms with Crippen molar-refractivity contribution in [3.63, 3.8) is 0 Å². The van der Waals surface area contributed by atoms with E-state index in [-0.39, 0.29) is 11.7 Å². The highest BCUT2D eigenvalue weighted by molar-refractivity contribution is 5.42. The van der Waals surface area contributed by atoms with E-state index in [2.05, 4.69) is 17.4 Å². The van der Waals surface area contributed by atoms with Crippen molar-refractivity contribution in [2.75, 3.05) is 26.3 Å². The molecule has 3 aliphatic heterocycles. The van der Waals surface area contributed by atoms with Gasteiger partial charge in [0, 0.05) is 19.6 Å². The fourth-order valence-electron chi connectivity index (χ4n) is 3.57. The van der Waals surface area contributed by atoms with Gasteiger partial charge >= 0.3 is 0 Å². The van der Waals surface area contributed by atoms with Crippen molar-refractivity contribution in [3.05, 3.63) is 23.8 Å². The van der Waals surface area contributed by atoms with Crippen molar-refractivity contribution in [1.82, 2.24) is 5.32 Å². The van der Waals surface area contributed by atoms with Crippen LogP contribution in [0.2, 0.25) is 0 Å². The number of ether oxygens (including phenoxy) is 3. The molecule has 0 aliphatic carbocycles. The van der Waals surface area contributed by atoms with Gasteiger partial charge in [0.25, 0.3) is 0 Å². The van der Waals surface area contributed by atoms with E-state index < -0.39 is 0 Å². The third-order valence-corrected chi connectivity index (χ3v) is 4.87. The molecule has 1 spiro atoms. The van der Waals surface area contributed by atoms with Crippen LogP contribution in [0, 0.1) is 0 Å². The summed E-state index contributed by atoms with van der Waals surface area (Å²) >= 11 is 0. The Hall–Kier alpha value is -1.26. The summed E-state index contributed by atoms with van der Waals surface area (Å²) in [5.41, 5.74) is 1.31. The zero-order chi connectivity index (χ0) is 14.1. The van der Waals surface area contributed by atoms with Crippen molar-refractivity contribution in [2.45, 2.75) is 43.8 Å². The molecule has 4 nitrogen and oxygen atoms in total. The molecular formula is C17H23NO3. The number of hydrogen-bond donors (Lipinski definition) is 1. The van der Waals surface area contributed by atoms with Crippen molar-refractivity contribution < 1.29 is 14.2 Å². The van der Waals surface area contributed by atoms with Crippen LogP contribution in [0.1, 0.15) is 31.2 Å². The molecule has 2 unspecified atom stereocenters. The number of nitrogens with one attached hydrogen (secondary N) is 1. The Labute approximate surface area is 125 Å². The maximum atomic E-state index is 6.27. The predicted octanol–water partition coefficient (Wildman–Crippen LogP) is 2.30. The smallest absolute Gasteiger partial charge is 0.123 e. The quantitative estimate of drug-likeness (QED) is 0.927. The highest BCUT2D eigenvalue weighted by atomic mass is 16.5. The Kier molecular flexibility index (Phi) is 3.51. The van der Waals surface area contributed by atoms with Gasteiger partial charge in [0.05, 0.1) is 6.10 Å². The Bertz CT molecular complexity index is 505. The molecule has 0 bridgehead atoms. The van der Waals surface area contributed by atoms with E-state index in [1.165, 1.54) is 5.56 Å². The van der Waals surface area contributed by atoms with Gasteiger partial charge in [0.15, 0.2) is 0 Å². The number of rotatable bonds is 3. The van der Waals surface area contributed by atoms with Crippen LogP contribution < -0.4 is 14.8 Å². The molecule has 0 radical (unpaired) electrons. The molecule has 21 heavy (non-hydrogen) atoms. The summed E-state index contributed by atoms with van der Waals surface area (Å²) in [7, 11) is 0. The summed E-state index contributed by atoms with van der Waals surface area (Å²) in [6.07, 6.45) is 5.83. The van der Waals surface area contributed by atoms with Gasteiger partial charge < -0.3 is 19.5 Å². The maximum Gasteiger partial charge on any atom is 0.123 e. The van der Waals surface area contributed by atoms with E-state index in [0.717, 1.165) is 63.3 Å². The second-order valence-corrected chi connectivity index (χ2v) is 6.43. The molecule has 1 N–H and O–H groups in total. The SMILES string of the molecule is c1cc2c(cc1OCC1CCCO1)CCC1(CCNC1)O2. The highest BCUT2D eigenvalue weighted by Gasteiger charge is 2.39. The summed E-state index contributed by atoms with van der Waals surface area (Å²) in [5, 5.41) is 3.41. The molecule has 2 fully saturated rings. The lowest BCUT2D eigenvalue weighted by molar-refractivity contribution is 0.0637. The third-order valence-electron chi connectivity index (χ3n) is 4.87. The van der Waals surface area contributed by atoms with Gasteiger partial charge in [-0.1, -0.05) is 0 Å². The summed E-state index contributed by atoms with van der Waals surface area (Å²) in [6, 6.07) is 6.23. The average Bonchev–Trinajstić information content (AvgIpc) is 3.17. The molecule has 2 atom stereocenters. The molecule has 3 heterocycles. The molecule has 0 aromatic heterocycles. The third kappa shape index (κ3) is 2.74. The molecule has 4 rings (SSSR count). The predicted molar refractivity (Wildman–Crippen MR) is 80.1 cm³/mol. The van der Waals surface area contributed by atoms with Crippen LogP contribution in [-0.2, 0) is 11.2 Å². The summed E-state index contributed by atoms with van der Waals surface area (Å²) in [5.74, 6) is 1.97. The molecule has 3 aliphatic rings. The van der Waals surface area contributed by atoms with E-state index in [1.54, 1.807) is 0 Å². The van der Waals surface area contributed by atoms with Gasteiger partial charge in [0.1, 0.15) is 23.7 Å². The first kappa shape index (κ1) is 13.4. The standard InChI is InChI=1S/C17H23NO3/c1-2-15(19-9-1)11-20-14-3-4-16-13(10-14)5-6-17(21-16)7-8-18-12-17/h3-4,10,15,18H,1-2,5-9,11-12H2. The van der Waals surface area contributed by atoms with Crippen molar-refractivity contribution >= 4 is 0 Å². The molecule has 4 heteroatoms. The fraction of sp³-hybridized carbons (Fsp3) is 0.647. The largest absolute Gasteiger partial charge is 0.491 e. The van der Waals surface area contributed by atoms with Crippen LogP contribution in [0.15, 0.2) is 18.2 Å². The van der Waals surface area contributed by atoms with Crippen LogP contribution in [0.5, 0.6) is 11.5 Å². The van der Waals surface area contributed by atoms with Gasteiger partial charge in [-0.3, -0.25) is 0 Å². The van der Waals surface area contributed by atoms with Crippen LogP contribution in [0.25, 0.3) is 0 Å². The lowest BCUT2D eigenvalue weighted by atomic mass is 9.90. The van der Waals surface area contributed by atoms with E-state index >= 15 is 0 Å². The first-order chi connectivity index (χ1) is 10.3. The zero-order valence-corrected chi connectivity index (χ0v) is 12.4. The Morgan fingerprint density at radius 3 is 3.14 bits per heavy atom. The van der Waals surface area contributed by atoms with E-state index in [9.17, 15) is 0 Å². The summed E-state index contributed by atoms with van der Waals surface area (Å²) < 4.78 is 17.7. The zero-order valence-electron chi connectivity index (χ0n) is 12.4. The van der Waals surface area contributed by atoms with E-state index in [1.807, 2.05) is 6.07 Å². The molecule has 0 amide bonds. The number of aryl methyl sites for hydroxylation is 1. The van der Waals surface area contributed by atoms with Gasteiger partial charge in [-0.05, 0) is 56.0 Å². The molecule has 0 saturated carbocycles. The van der Waals surface area contributed by atoms with Gasteiger partial charge in [-0.25, -0.2) is 0 Å². The normalized spacial score (nSPS) is 31.1. The van der Waals surface area contributed by atoms with Crippen LogP contribution >= 0.6 is 0 Å². The van der Waals surface area contributed by atoms with Crippen LogP contribution in [0.4, 0.5) is 0 Å². The van der Waals surface area contributed by atoms with Gasteiger partial charge in [0.2, 0.25) is 0 Å². The minimum Gasteiger partial charge on any atom is -0.491 e. The minimum absolute atomic E-state index is 0.0348. The fourth-order valence-corrected chi connectivity index (χ4v) is 3.57. The molecule has 1 aromatic carbocycles. The summed E-state index contributed by atoms with van der Waals surface area (Å²) in [6.45, 7) is 3.58. The van der Waals surface area contributed by atoms with Crippen molar-refractivity contribution in [1.29, 1.82) is 0 Å². The topological polar surface area (TPSA) is 39.7 Å². The van der Waals surface area contributed by atoms with Gasteiger partial charge in [-0.15, -0.1) is 0 Å². The Morgan fingerprint density at radius 2 is 2.33 bits per heavy atom. The first-order valence-corrected chi connectivity index (χ1v) is 8.10. The summed E-state index contributed by atoms with van der Waals surface area (Å²) in [4.78, 5) is 0. The average molecular weight is 289 g/mol. The first-order valence-electron chi connectivity index (χ1n) is 8.10. The second kappa shape index (κ2) is 5.50. The molecule has 2 saturated heterocycles. The molecular weight excluding hydrogens is 266 g/mol. The van der Waals surface area contributed by atoms with E-state index in [4.69, 9.17) is 14.2 Å². The lowest BCUT2D eigenvalue weighted by Gasteiger charge is -2.35. The van der Waals surface area contributed by atoms with Gasteiger partial charge in [-0.2, -0.15) is 0 Å². The number of benzene rings is 1. The Morgan fingerprint density at radius 1 is 1.33 bits per heavy atom. The minimum atomic E-state index is 0.0348. The van der Waals surface area contributed by atoms with Crippen molar-refractivity contribution in [2.24, 2.45) is 0 Å². The number of hydrogen-bond acceptors (Lipinski definition) is 4. The molecule has 114 valence electrons. The number of fused-ring (bicyclic) bond motifs is 1. The monoisotopic (exact) mass is 289 g/mol. The lowest BCUT2D eigenvalue weighted by Crippen LogP contribution is -2.41. The van der Waals surface area contributed by atoms with Crippen LogP contribution in [0.3, 0.4) is 0 Å².